The van der Waals surface area contributed by atoms with Crippen LogP contribution in [-0.4, -0.2) is 36.0 Å². The molecule has 0 fully saturated rings. The molecule has 0 saturated heterocycles. The van der Waals surface area contributed by atoms with Crippen molar-refractivity contribution in [3.8, 4) is 11.5 Å². The number of hydrogen-bond acceptors (Lipinski definition) is 7. The quantitative estimate of drug-likeness (QED) is 0.502. The molecule has 0 aliphatic carbocycles. The molecular formula is C22H23N5O4. The lowest BCUT2D eigenvalue weighted by Crippen LogP contribution is -2.23. The number of anilines is 1. The predicted octanol–water partition coefficient (Wildman–Crippen LogP) is 1.70. The van der Waals surface area contributed by atoms with Crippen LogP contribution in [0, 0.1) is 0 Å². The van der Waals surface area contributed by atoms with Gasteiger partial charge < -0.3 is 26.3 Å². The summed E-state index contributed by atoms with van der Waals surface area (Å²) in [6, 6.07) is 12.5. The maximum Gasteiger partial charge on any atom is 0.271 e. The number of nitrogens with two attached hydrogens (primary N) is 2. The van der Waals surface area contributed by atoms with E-state index in [0.717, 1.165) is 11.1 Å². The number of benzene rings is 2. The van der Waals surface area contributed by atoms with Crippen molar-refractivity contribution in [2.24, 2.45) is 5.73 Å². The second kappa shape index (κ2) is 9.57. The zero-order valence-electron chi connectivity index (χ0n) is 17.2. The van der Waals surface area contributed by atoms with Crippen LogP contribution in [0.25, 0.3) is 0 Å². The molecule has 0 aliphatic rings. The van der Waals surface area contributed by atoms with E-state index in [9.17, 15) is 9.59 Å². The summed E-state index contributed by atoms with van der Waals surface area (Å²) < 4.78 is 10.5. The summed E-state index contributed by atoms with van der Waals surface area (Å²) in [5.41, 5.74) is 13.5. The smallest absolute Gasteiger partial charge is 0.271 e. The number of carbonyl (C=O) groups is 2. The van der Waals surface area contributed by atoms with Crippen LogP contribution in [0.4, 0.5) is 5.82 Å². The maximum absolute atomic E-state index is 12.6. The monoisotopic (exact) mass is 421 g/mol. The Kier molecular flexibility index (Phi) is 6.66. The van der Waals surface area contributed by atoms with Crippen LogP contribution in [-0.2, 0) is 13.0 Å². The Balaban J connectivity index is 1.71. The third-order valence-corrected chi connectivity index (χ3v) is 4.52. The lowest BCUT2D eigenvalue weighted by molar-refractivity contribution is 0.0949. The number of rotatable bonds is 8. The van der Waals surface area contributed by atoms with E-state index >= 15 is 0 Å². The largest absolute Gasteiger partial charge is 0.497 e. The summed E-state index contributed by atoms with van der Waals surface area (Å²) in [7, 11) is 3.14. The number of methoxy groups -OCH3 is 2. The molecule has 160 valence electrons. The maximum atomic E-state index is 12.6. The van der Waals surface area contributed by atoms with Crippen LogP contribution in [0.2, 0.25) is 0 Å². The highest BCUT2D eigenvalue weighted by Gasteiger charge is 2.12. The van der Waals surface area contributed by atoms with E-state index in [-0.39, 0.29) is 17.4 Å². The average Bonchev–Trinajstić information content (AvgIpc) is 2.78. The molecule has 1 aromatic heterocycles. The van der Waals surface area contributed by atoms with Crippen molar-refractivity contribution >= 4 is 17.6 Å². The molecule has 0 radical (unpaired) electrons. The van der Waals surface area contributed by atoms with Crippen LogP contribution in [0.5, 0.6) is 11.5 Å². The Hall–Kier alpha value is -4.14. The first-order chi connectivity index (χ1) is 14.9. The van der Waals surface area contributed by atoms with Gasteiger partial charge in [-0.2, -0.15) is 0 Å². The van der Waals surface area contributed by atoms with E-state index in [4.69, 9.17) is 20.9 Å². The van der Waals surface area contributed by atoms with Gasteiger partial charge in [0.2, 0.25) is 0 Å². The number of nitrogen functional groups attached to an aromatic ring is 1. The van der Waals surface area contributed by atoms with Crippen molar-refractivity contribution in [2.45, 2.75) is 13.0 Å². The summed E-state index contributed by atoms with van der Waals surface area (Å²) in [6.07, 6.45) is 1.84. The van der Waals surface area contributed by atoms with Gasteiger partial charge in [0.1, 0.15) is 11.5 Å². The Bertz CT molecular complexity index is 1090. The fourth-order valence-electron chi connectivity index (χ4n) is 2.99. The first-order valence-corrected chi connectivity index (χ1v) is 9.40. The van der Waals surface area contributed by atoms with Gasteiger partial charge in [0, 0.05) is 24.6 Å². The molecular weight excluding hydrogens is 398 g/mol. The zero-order valence-corrected chi connectivity index (χ0v) is 17.2. The molecule has 0 atom stereocenters. The number of ether oxygens (including phenoxy) is 2. The third kappa shape index (κ3) is 5.47. The predicted molar refractivity (Wildman–Crippen MR) is 115 cm³/mol. The molecule has 3 aromatic rings. The number of nitrogens with zero attached hydrogens (tertiary/aromatic N) is 2. The van der Waals surface area contributed by atoms with Crippen molar-refractivity contribution in [3.63, 3.8) is 0 Å². The first kappa shape index (κ1) is 21.6. The summed E-state index contributed by atoms with van der Waals surface area (Å²) in [6.45, 7) is 0.308. The van der Waals surface area contributed by atoms with Gasteiger partial charge >= 0.3 is 0 Å². The number of hydrogen-bond donors (Lipinski definition) is 3. The van der Waals surface area contributed by atoms with Gasteiger partial charge in [-0.3, -0.25) is 9.59 Å². The minimum absolute atomic E-state index is 0.0152. The van der Waals surface area contributed by atoms with E-state index < -0.39 is 5.91 Å². The second-order valence-corrected chi connectivity index (χ2v) is 6.74. The molecule has 0 saturated carbocycles. The van der Waals surface area contributed by atoms with Gasteiger partial charge in [-0.25, -0.2) is 9.97 Å². The van der Waals surface area contributed by atoms with Gasteiger partial charge in [-0.05, 0) is 35.4 Å². The Labute approximate surface area is 179 Å². The highest BCUT2D eigenvalue weighted by atomic mass is 16.5. The average molecular weight is 421 g/mol. The minimum atomic E-state index is -0.742. The SMILES string of the molecule is COc1cc(CNC(=O)c2cccc(Cc3cnc(N)c(C(N)=O)n3)c2)cc(OC)c1. The van der Waals surface area contributed by atoms with Crippen molar-refractivity contribution in [2.75, 3.05) is 20.0 Å². The van der Waals surface area contributed by atoms with Crippen LogP contribution in [0.3, 0.4) is 0 Å². The third-order valence-electron chi connectivity index (χ3n) is 4.52. The molecule has 3 rings (SSSR count). The van der Waals surface area contributed by atoms with Crippen LogP contribution in [0.1, 0.15) is 37.7 Å². The molecule has 2 amide bonds. The highest BCUT2D eigenvalue weighted by molar-refractivity contribution is 5.95. The topological polar surface area (TPSA) is 142 Å². The van der Waals surface area contributed by atoms with Gasteiger partial charge in [-0.15, -0.1) is 0 Å². The number of amides is 2. The van der Waals surface area contributed by atoms with E-state index in [1.807, 2.05) is 18.2 Å². The van der Waals surface area contributed by atoms with Crippen molar-refractivity contribution in [3.05, 3.63) is 76.7 Å². The van der Waals surface area contributed by atoms with Crippen molar-refractivity contribution in [1.29, 1.82) is 0 Å². The Morgan fingerprint density at radius 3 is 2.39 bits per heavy atom. The molecule has 5 N–H and O–H groups in total. The fourth-order valence-corrected chi connectivity index (χ4v) is 2.99. The lowest BCUT2D eigenvalue weighted by Gasteiger charge is -2.10. The number of carbonyl (C=O) groups excluding carboxylic acids is 2. The molecule has 9 nitrogen and oxygen atoms in total. The molecule has 2 aromatic carbocycles. The van der Waals surface area contributed by atoms with Crippen molar-refractivity contribution < 1.29 is 19.1 Å². The summed E-state index contributed by atoms with van der Waals surface area (Å²) >= 11 is 0. The van der Waals surface area contributed by atoms with E-state index in [0.29, 0.717) is 35.7 Å². The van der Waals surface area contributed by atoms with Crippen molar-refractivity contribution in [1.82, 2.24) is 15.3 Å². The van der Waals surface area contributed by atoms with Crippen LogP contribution < -0.4 is 26.3 Å². The van der Waals surface area contributed by atoms with Crippen LogP contribution >= 0.6 is 0 Å². The summed E-state index contributed by atoms with van der Waals surface area (Å²) in [5.74, 6) is 0.300. The lowest BCUT2D eigenvalue weighted by atomic mass is 10.1. The standard InChI is InChI=1S/C22H23N5O4/c1-30-17-8-14(9-18(10-17)31-2)11-26-22(29)15-5-3-4-13(6-15)7-16-12-25-20(23)19(27-16)21(24)28/h3-6,8-10,12H,7,11H2,1-2H3,(H2,23,25)(H2,24,28)(H,26,29). The summed E-state index contributed by atoms with van der Waals surface area (Å²) in [5, 5.41) is 2.88. The normalized spacial score (nSPS) is 10.4. The molecule has 0 bridgehead atoms. The Morgan fingerprint density at radius 2 is 1.74 bits per heavy atom. The minimum Gasteiger partial charge on any atom is -0.497 e. The van der Waals surface area contributed by atoms with E-state index in [1.54, 1.807) is 38.5 Å². The van der Waals surface area contributed by atoms with Crippen LogP contribution in [0.15, 0.2) is 48.7 Å². The highest BCUT2D eigenvalue weighted by Crippen LogP contribution is 2.22. The number of aromatic nitrogens is 2. The van der Waals surface area contributed by atoms with Gasteiger partial charge in [-0.1, -0.05) is 12.1 Å². The van der Waals surface area contributed by atoms with Gasteiger partial charge in [0.15, 0.2) is 11.5 Å². The zero-order chi connectivity index (χ0) is 22.4. The van der Waals surface area contributed by atoms with Gasteiger partial charge in [0.25, 0.3) is 11.8 Å². The molecule has 9 heteroatoms. The summed E-state index contributed by atoms with van der Waals surface area (Å²) in [4.78, 5) is 32.2. The Morgan fingerprint density at radius 1 is 1.03 bits per heavy atom. The molecule has 0 aliphatic heterocycles. The molecule has 31 heavy (non-hydrogen) atoms. The molecule has 0 unspecified atom stereocenters. The second-order valence-electron chi connectivity index (χ2n) is 6.74. The molecule has 0 spiro atoms. The fraction of sp³-hybridized carbons (Fsp3) is 0.182. The first-order valence-electron chi connectivity index (χ1n) is 9.40. The van der Waals surface area contributed by atoms with E-state index in [1.165, 1.54) is 6.20 Å². The van der Waals surface area contributed by atoms with Gasteiger partial charge in [0.05, 0.1) is 26.1 Å². The molecule has 1 heterocycles. The number of primary amides is 1. The van der Waals surface area contributed by atoms with E-state index in [2.05, 4.69) is 15.3 Å². The number of nitrogens with one attached hydrogen (secondary N) is 1.